The molecule has 2 rings (SSSR count). The molecule has 0 radical (unpaired) electrons. The number of rotatable bonds is 6. The molecule has 1 aromatic carbocycles. The van der Waals surface area contributed by atoms with Crippen molar-refractivity contribution in [3.8, 4) is 0 Å². The number of benzene rings is 1. The molecule has 1 unspecified atom stereocenters. The zero-order chi connectivity index (χ0) is 15.2. The molecule has 0 aromatic heterocycles. The Balaban J connectivity index is 2.05. The van der Waals surface area contributed by atoms with Gasteiger partial charge in [-0.3, -0.25) is 4.90 Å². The van der Waals surface area contributed by atoms with Gasteiger partial charge in [0.15, 0.2) is 0 Å². The normalized spacial score (nSPS) is 20.1. The molecular formula is C18H29FN2. The predicted molar refractivity (Wildman–Crippen MR) is 86.7 cm³/mol. The summed E-state index contributed by atoms with van der Waals surface area (Å²) in [6.45, 7) is 9.16. The van der Waals surface area contributed by atoms with E-state index in [4.69, 9.17) is 0 Å². The summed E-state index contributed by atoms with van der Waals surface area (Å²) in [6.07, 6.45) is 4.98. The van der Waals surface area contributed by atoms with E-state index in [9.17, 15) is 4.39 Å². The van der Waals surface area contributed by atoms with Gasteiger partial charge in [0.05, 0.1) is 0 Å². The minimum atomic E-state index is -0.0660. The topological polar surface area (TPSA) is 15.3 Å². The fourth-order valence-electron chi connectivity index (χ4n) is 3.13. The molecule has 1 atom stereocenters. The van der Waals surface area contributed by atoms with Gasteiger partial charge in [-0.15, -0.1) is 0 Å². The Bertz CT molecular complexity index is 445. The third kappa shape index (κ3) is 4.79. The van der Waals surface area contributed by atoms with E-state index in [0.29, 0.717) is 12.1 Å². The average Bonchev–Trinajstić information content (AvgIpc) is 2.48. The number of piperidine rings is 1. The van der Waals surface area contributed by atoms with Crippen LogP contribution in [0.3, 0.4) is 0 Å². The molecule has 21 heavy (non-hydrogen) atoms. The van der Waals surface area contributed by atoms with Crippen LogP contribution in [-0.2, 0) is 13.1 Å². The molecule has 0 amide bonds. The van der Waals surface area contributed by atoms with Crippen molar-refractivity contribution in [2.24, 2.45) is 0 Å². The fraction of sp³-hybridized carbons (Fsp3) is 0.667. The quantitative estimate of drug-likeness (QED) is 0.849. The van der Waals surface area contributed by atoms with Gasteiger partial charge >= 0.3 is 0 Å². The predicted octanol–water partition coefficient (Wildman–Crippen LogP) is 4.09. The molecule has 0 spiro atoms. The van der Waals surface area contributed by atoms with E-state index in [-0.39, 0.29) is 5.82 Å². The third-order valence-electron chi connectivity index (χ3n) is 4.42. The van der Waals surface area contributed by atoms with Crippen molar-refractivity contribution in [1.29, 1.82) is 0 Å². The minimum Gasteiger partial charge on any atom is -0.310 e. The second-order valence-electron chi connectivity index (χ2n) is 6.49. The molecule has 3 heteroatoms. The Morgan fingerprint density at radius 1 is 1.33 bits per heavy atom. The Hall–Kier alpha value is -0.930. The average molecular weight is 292 g/mol. The van der Waals surface area contributed by atoms with E-state index in [1.54, 1.807) is 6.07 Å². The van der Waals surface area contributed by atoms with Crippen molar-refractivity contribution in [3.63, 3.8) is 0 Å². The van der Waals surface area contributed by atoms with Crippen LogP contribution in [0.25, 0.3) is 0 Å². The lowest BCUT2D eigenvalue weighted by Gasteiger charge is -2.35. The Kier molecular flexibility index (Phi) is 6.19. The lowest BCUT2D eigenvalue weighted by molar-refractivity contribution is 0.134. The van der Waals surface area contributed by atoms with Crippen molar-refractivity contribution in [3.05, 3.63) is 35.1 Å². The summed E-state index contributed by atoms with van der Waals surface area (Å²) in [5.41, 5.74) is 2.02. The van der Waals surface area contributed by atoms with Crippen molar-refractivity contribution in [2.75, 3.05) is 6.54 Å². The maximum atomic E-state index is 14.1. The van der Waals surface area contributed by atoms with Gasteiger partial charge in [-0.25, -0.2) is 4.39 Å². The number of nitrogens with zero attached hydrogens (tertiary/aromatic N) is 1. The van der Waals surface area contributed by atoms with E-state index < -0.39 is 0 Å². The van der Waals surface area contributed by atoms with E-state index in [0.717, 1.165) is 31.6 Å². The molecule has 118 valence electrons. The van der Waals surface area contributed by atoms with E-state index in [1.165, 1.54) is 24.8 Å². The molecule has 1 aromatic rings. The number of likely N-dealkylation sites (tertiary alicyclic amines) is 1. The maximum Gasteiger partial charge on any atom is 0.127 e. The molecule has 1 aliphatic heterocycles. The molecule has 1 fully saturated rings. The summed E-state index contributed by atoms with van der Waals surface area (Å²) in [5, 5.41) is 3.40. The highest BCUT2D eigenvalue weighted by atomic mass is 19.1. The smallest absolute Gasteiger partial charge is 0.127 e. The molecule has 1 N–H and O–H groups in total. The maximum absolute atomic E-state index is 14.1. The van der Waals surface area contributed by atoms with Gasteiger partial charge in [0, 0.05) is 30.7 Å². The molecule has 1 saturated heterocycles. The number of nitrogens with one attached hydrogen (secondary N) is 1. The summed E-state index contributed by atoms with van der Waals surface area (Å²) in [6, 6.07) is 6.62. The molecule has 0 saturated carbocycles. The van der Waals surface area contributed by atoms with Crippen LogP contribution >= 0.6 is 0 Å². The van der Waals surface area contributed by atoms with Crippen LogP contribution in [0.15, 0.2) is 18.2 Å². The summed E-state index contributed by atoms with van der Waals surface area (Å²) in [5.74, 6) is -0.0660. The van der Waals surface area contributed by atoms with Crippen molar-refractivity contribution < 1.29 is 4.39 Å². The molecular weight excluding hydrogens is 263 g/mol. The lowest BCUT2D eigenvalue weighted by atomic mass is 9.98. The van der Waals surface area contributed by atoms with E-state index >= 15 is 0 Å². The first-order chi connectivity index (χ1) is 10.1. The monoisotopic (exact) mass is 292 g/mol. The molecule has 1 aliphatic rings. The van der Waals surface area contributed by atoms with Crippen LogP contribution < -0.4 is 5.32 Å². The second-order valence-corrected chi connectivity index (χ2v) is 6.49. The van der Waals surface area contributed by atoms with Gasteiger partial charge in [-0.1, -0.05) is 39.3 Å². The molecule has 0 aliphatic carbocycles. The van der Waals surface area contributed by atoms with Crippen LogP contribution in [0.2, 0.25) is 0 Å². The highest BCUT2D eigenvalue weighted by Gasteiger charge is 2.21. The van der Waals surface area contributed by atoms with Crippen molar-refractivity contribution >= 4 is 0 Å². The van der Waals surface area contributed by atoms with Crippen molar-refractivity contribution in [2.45, 2.75) is 71.6 Å². The first kappa shape index (κ1) is 16.4. The minimum absolute atomic E-state index is 0.0660. The number of hydrogen-bond acceptors (Lipinski definition) is 2. The van der Waals surface area contributed by atoms with Crippen LogP contribution in [0.4, 0.5) is 4.39 Å². The largest absolute Gasteiger partial charge is 0.310 e. The summed E-state index contributed by atoms with van der Waals surface area (Å²) < 4.78 is 14.1. The van der Waals surface area contributed by atoms with Crippen LogP contribution in [0, 0.1) is 5.82 Å². The molecule has 2 nitrogen and oxygen atoms in total. The fourth-order valence-corrected chi connectivity index (χ4v) is 3.13. The van der Waals surface area contributed by atoms with Gasteiger partial charge in [-0.2, -0.15) is 0 Å². The van der Waals surface area contributed by atoms with E-state index in [2.05, 4.69) is 31.0 Å². The van der Waals surface area contributed by atoms with Crippen LogP contribution in [0.5, 0.6) is 0 Å². The SMILES string of the molecule is CCC1CCCCN1Cc1cc(CNC(C)C)ccc1F. The van der Waals surface area contributed by atoms with Crippen LogP contribution in [-0.4, -0.2) is 23.5 Å². The Morgan fingerprint density at radius 2 is 2.14 bits per heavy atom. The lowest BCUT2D eigenvalue weighted by Crippen LogP contribution is -2.38. The standard InChI is InChI=1S/C18H29FN2/c1-4-17-7-5-6-10-21(17)13-16-11-15(8-9-18(16)19)12-20-14(2)3/h8-9,11,14,17,20H,4-7,10,12-13H2,1-3H3. The number of halogens is 1. The first-order valence-electron chi connectivity index (χ1n) is 8.35. The molecule has 0 bridgehead atoms. The Morgan fingerprint density at radius 3 is 2.86 bits per heavy atom. The summed E-state index contributed by atoms with van der Waals surface area (Å²) >= 11 is 0. The molecule has 1 heterocycles. The zero-order valence-electron chi connectivity index (χ0n) is 13.7. The van der Waals surface area contributed by atoms with Gasteiger partial charge < -0.3 is 5.32 Å². The third-order valence-corrected chi connectivity index (χ3v) is 4.42. The van der Waals surface area contributed by atoms with Gasteiger partial charge in [0.25, 0.3) is 0 Å². The van der Waals surface area contributed by atoms with Crippen molar-refractivity contribution in [1.82, 2.24) is 10.2 Å². The summed E-state index contributed by atoms with van der Waals surface area (Å²) in [4.78, 5) is 2.46. The first-order valence-corrected chi connectivity index (χ1v) is 8.35. The summed E-state index contributed by atoms with van der Waals surface area (Å²) in [7, 11) is 0. The second kappa shape index (κ2) is 7.90. The Labute approximate surface area is 128 Å². The van der Waals surface area contributed by atoms with Gasteiger partial charge in [-0.05, 0) is 37.4 Å². The zero-order valence-corrected chi connectivity index (χ0v) is 13.7. The highest BCUT2D eigenvalue weighted by molar-refractivity contribution is 5.25. The highest BCUT2D eigenvalue weighted by Crippen LogP contribution is 2.23. The van der Waals surface area contributed by atoms with Crippen LogP contribution in [0.1, 0.15) is 57.6 Å². The number of hydrogen-bond donors (Lipinski definition) is 1. The van der Waals surface area contributed by atoms with Gasteiger partial charge in [0.2, 0.25) is 0 Å². The van der Waals surface area contributed by atoms with Gasteiger partial charge in [0.1, 0.15) is 5.82 Å². The van der Waals surface area contributed by atoms with E-state index in [1.807, 2.05) is 12.1 Å².